The number of morpholine rings is 1. The Morgan fingerprint density at radius 1 is 1.06 bits per heavy atom. The average molecular weight is 421 g/mol. The normalized spacial score (nSPS) is 18.2. The standard InChI is InChI=1S/C24H27N3O4/c25-23(27-9-11-31-12-10-27)17-3-5-18(6-4-17)24(30)26-21-8-7-19-13-16(14-22(28)29)1-2-20(19)15-21/h3-8,15-16,25H,1-2,9-14H2,(H,26,30)(H,28,29). The number of aryl methyl sites for hydroxylation is 1. The Morgan fingerprint density at radius 2 is 1.77 bits per heavy atom. The number of nitrogens with one attached hydrogen (secondary N) is 2. The maximum Gasteiger partial charge on any atom is 0.303 e. The summed E-state index contributed by atoms with van der Waals surface area (Å²) in [7, 11) is 0. The number of nitrogens with zero attached hydrogens (tertiary/aromatic N) is 1. The van der Waals surface area contributed by atoms with Crippen LogP contribution in [0.5, 0.6) is 0 Å². The minimum absolute atomic E-state index is 0.181. The monoisotopic (exact) mass is 421 g/mol. The Labute approximate surface area is 181 Å². The molecule has 1 aliphatic carbocycles. The Balaban J connectivity index is 1.38. The van der Waals surface area contributed by atoms with E-state index in [1.807, 2.05) is 35.2 Å². The minimum atomic E-state index is -0.747. The van der Waals surface area contributed by atoms with E-state index in [2.05, 4.69) is 5.32 Å². The predicted molar refractivity (Wildman–Crippen MR) is 118 cm³/mol. The van der Waals surface area contributed by atoms with Gasteiger partial charge in [-0.1, -0.05) is 18.2 Å². The molecule has 2 aliphatic rings. The number of rotatable bonds is 5. The second kappa shape index (κ2) is 9.31. The second-order valence-electron chi connectivity index (χ2n) is 8.17. The largest absolute Gasteiger partial charge is 0.481 e. The maximum atomic E-state index is 12.7. The quantitative estimate of drug-likeness (QED) is 0.508. The first-order valence-corrected chi connectivity index (χ1v) is 10.7. The van der Waals surface area contributed by atoms with Gasteiger partial charge in [-0.05, 0) is 60.6 Å². The SMILES string of the molecule is N=C(c1ccc(C(=O)Nc2ccc3c(c2)CCC(CC(=O)O)C3)cc1)N1CCOCC1. The van der Waals surface area contributed by atoms with Gasteiger partial charge in [0.2, 0.25) is 0 Å². The first-order valence-electron chi connectivity index (χ1n) is 10.7. The molecule has 7 heteroatoms. The van der Waals surface area contributed by atoms with Crippen molar-refractivity contribution in [2.75, 3.05) is 31.6 Å². The highest BCUT2D eigenvalue weighted by Crippen LogP contribution is 2.29. The fourth-order valence-electron chi connectivity index (χ4n) is 4.28. The number of amides is 1. The van der Waals surface area contributed by atoms with Crippen LogP contribution < -0.4 is 5.32 Å². The number of carbonyl (C=O) groups is 2. The van der Waals surface area contributed by atoms with Crippen molar-refractivity contribution in [1.82, 2.24) is 4.90 Å². The molecule has 31 heavy (non-hydrogen) atoms. The van der Waals surface area contributed by atoms with Gasteiger partial charge in [0.1, 0.15) is 5.84 Å². The van der Waals surface area contributed by atoms with Crippen LogP contribution in [0.15, 0.2) is 42.5 Å². The highest BCUT2D eigenvalue weighted by molar-refractivity contribution is 6.05. The van der Waals surface area contributed by atoms with Crippen molar-refractivity contribution in [2.45, 2.75) is 25.7 Å². The number of hydrogen-bond donors (Lipinski definition) is 3. The molecule has 1 amide bonds. The lowest BCUT2D eigenvalue weighted by Crippen LogP contribution is -2.40. The van der Waals surface area contributed by atoms with Crippen LogP contribution in [0.25, 0.3) is 0 Å². The van der Waals surface area contributed by atoms with Gasteiger partial charge >= 0.3 is 5.97 Å². The predicted octanol–water partition coefficient (Wildman–Crippen LogP) is 3.18. The van der Waals surface area contributed by atoms with Gasteiger partial charge in [0.25, 0.3) is 5.91 Å². The summed E-state index contributed by atoms with van der Waals surface area (Å²) >= 11 is 0. The molecule has 0 radical (unpaired) electrons. The van der Waals surface area contributed by atoms with Crippen molar-refractivity contribution in [2.24, 2.45) is 5.92 Å². The van der Waals surface area contributed by atoms with Crippen LogP contribution in [0, 0.1) is 11.3 Å². The number of amidine groups is 1. The van der Waals surface area contributed by atoms with E-state index in [-0.39, 0.29) is 18.2 Å². The van der Waals surface area contributed by atoms with Crippen molar-refractivity contribution in [3.05, 3.63) is 64.7 Å². The van der Waals surface area contributed by atoms with Crippen LogP contribution in [0.1, 0.15) is 39.9 Å². The first-order chi connectivity index (χ1) is 15.0. The number of carboxylic acid groups (broad SMARTS) is 1. The number of carboxylic acids is 1. The van der Waals surface area contributed by atoms with Crippen LogP contribution in [0.4, 0.5) is 5.69 Å². The highest BCUT2D eigenvalue weighted by Gasteiger charge is 2.21. The van der Waals surface area contributed by atoms with Gasteiger partial charge in [-0.25, -0.2) is 0 Å². The molecule has 0 aromatic heterocycles. The van der Waals surface area contributed by atoms with Gasteiger partial charge in [0.15, 0.2) is 0 Å². The summed E-state index contributed by atoms with van der Waals surface area (Å²) in [5.41, 5.74) is 4.40. The van der Waals surface area contributed by atoms with Crippen LogP contribution in [-0.4, -0.2) is 54.0 Å². The summed E-state index contributed by atoms with van der Waals surface area (Å²) in [5.74, 6) is -0.307. The lowest BCUT2D eigenvalue weighted by molar-refractivity contribution is -0.138. The van der Waals surface area contributed by atoms with Crippen molar-refractivity contribution in [3.63, 3.8) is 0 Å². The molecule has 162 valence electrons. The molecule has 2 aromatic carbocycles. The number of anilines is 1. The molecule has 0 saturated carbocycles. The van der Waals surface area contributed by atoms with Gasteiger partial charge in [-0.3, -0.25) is 15.0 Å². The fraction of sp³-hybridized carbons (Fsp3) is 0.375. The second-order valence-corrected chi connectivity index (χ2v) is 8.17. The summed E-state index contributed by atoms with van der Waals surface area (Å²) in [6, 6.07) is 13.0. The number of fused-ring (bicyclic) bond motifs is 1. The molecule has 0 bridgehead atoms. The third-order valence-electron chi connectivity index (χ3n) is 6.01. The lowest BCUT2D eigenvalue weighted by atomic mass is 9.82. The topological polar surface area (TPSA) is 103 Å². The van der Waals surface area contributed by atoms with E-state index in [1.54, 1.807) is 12.1 Å². The van der Waals surface area contributed by atoms with E-state index in [0.29, 0.717) is 37.7 Å². The fourth-order valence-corrected chi connectivity index (χ4v) is 4.28. The number of benzene rings is 2. The number of ether oxygens (including phenoxy) is 1. The Hall–Kier alpha value is -3.19. The van der Waals surface area contributed by atoms with Crippen LogP contribution in [0.2, 0.25) is 0 Å². The zero-order valence-corrected chi connectivity index (χ0v) is 17.4. The van der Waals surface area contributed by atoms with Gasteiger partial charge in [0, 0.05) is 36.3 Å². The van der Waals surface area contributed by atoms with Gasteiger partial charge in [0.05, 0.1) is 13.2 Å². The van der Waals surface area contributed by atoms with E-state index in [1.165, 1.54) is 11.1 Å². The number of hydrogen-bond acceptors (Lipinski definition) is 4. The molecule has 1 aliphatic heterocycles. The number of aliphatic carboxylic acids is 1. The molecule has 1 fully saturated rings. The van der Waals surface area contributed by atoms with E-state index in [9.17, 15) is 9.59 Å². The van der Waals surface area contributed by atoms with Crippen LogP contribution in [0.3, 0.4) is 0 Å². The third kappa shape index (κ3) is 5.11. The molecule has 3 N–H and O–H groups in total. The number of carbonyl (C=O) groups excluding carboxylic acids is 1. The van der Waals surface area contributed by atoms with Crippen molar-refractivity contribution in [1.29, 1.82) is 5.41 Å². The van der Waals surface area contributed by atoms with Gasteiger partial charge in [-0.2, -0.15) is 0 Å². The molecular formula is C24H27N3O4. The van der Waals surface area contributed by atoms with E-state index in [0.717, 1.165) is 30.5 Å². The van der Waals surface area contributed by atoms with Crippen molar-refractivity contribution >= 4 is 23.4 Å². The molecule has 1 heterocycles. The molecule has 0 spiro atoms. The Bertz CT molecular complexity index is 981. The van der Waals surface area contributed by atoms with Crippen LogP contribution >= 0.6 is 0 Å². The minimum Gasteiger partial charge on any atom is -0.481 e. The average Bonchev–Trinajstić information content (AvgIpc) is 2.79. The summed E-state index contributed by atoms with van der Waals surface area (Å²) in [6.07, 6.45) is 2.66. The zero-order chi connectivity index (χ0) is 21.8. The molecule has 1 saturated heterocycles. The summed E-state index contributed by atoms with van der Waals surface area (Å²) in [5, 5.41) is 20.3. The molecule has 7 nitrogen and oxygen atoms in total. The zero-order valence-electron chi connectivity index (χ0n) is 17.4. The Morgan fingerprint density at radius 3 is 2.48 bits per heavy atom. The highest BCUT2D eigenvalue weighted by atomic mass is 16.5. The molecule has 1 atom stereocenters. The third-order valence-corrected chi connectivity index (χ3v) is 6.01. The summed E-state index contributed by atoms with van der Waals surface area (Å²) < 4.78 is 5.33. The molecule has 2 aromatic rings. The van der Waals surface area contributed by atoms with Gasteiger partial charge in [-0.15, -0.1) is 0 Å². The maximum absolute atomic E-state index is 12.7. The summed E-state index contributed by atoms with van der Waals surface area (Å²) in [4.78, 5) is 25.6. The lowest BCUT2D eigenvalue weighted by Gasteiger charge is -2.29. The first kappa shape index (κ1) is 21.1. The Kier molecular flexibility index (Phi) is 6.32. The van der Waals surface area contributed by atoms with E-state index < -0.39 is 5.97 Å². The van der Waals surface area contributed by atoms with Crippen LogP contribution in [-0.2, 0) is 22.4 Å². The van der Waals surface area contributed by atoms with E-state index in [4.69, 9.17) is 15.3 Å². The summed E-state index contributed by atoms with van der Waals surface area (Å²) in [6.45, 7) is 2.67. The molecule has 1 unspecified atom stereocenters. The molecule has 4 rings (SSSR count). The smallest absolute Gasteiger partial charge is 0.303 e. The van der Waals surface area contributed by atoms with E-state index >= 15 is 0 Å². The van der Waals surface area contributed by atoms with Gasteiger partial charge < -0.3 is 20.1 Å². The molecular weight excluding hydrogens is 394 g/mol. The van der Waals surface area contributed by atoms with Crippen molar-refractivity contribution in [3.8, 4) is 0 Å². The van der Waals surface area contributed by atoms with Crippen molar-refractivity contribution < 1.29 is 19.4 Å².